The average Bonchev–Trinajstić information content (AvgIpc) is 2.53. The van der Waals surface area contributed by atoms with Crippen molar-refractivity contribution in [2.45, 2.75) is 52.1 Å². The molecule has 5 nitrogen and oxygen atoms in total. The van der Waals surface area contributed by atoms with Crippen LogP contribution in [0, 0.1) is 0 Å². The maximum absolute atomic E-state index is 12.4. The summed E-state index contributed by atoms with van der Waals surface area (Å²) in [6.07, 6.45) is 3.17. The SMILES string of the molecule is CC[NH+](CC(=O)NC(C)C)CC(=O)N[C@@H]1CCCc2ccccc21. The van der Waals surface area contributed by atoms with E-state index in [2.05, 4.69) is 28.8 Å². The third kappa shape index (κ3) is 5.34. The largest absolute Gasteiger partial charge is 0.349 e. The maximum atomic E-state index is 12.4. The molecule has 24 heavy (non-hydrogen) atoms. The molecule has 0 fully saturated rings. The number of aryl methyl sites for hydroxylation is 1. The number of hydrogen-bond acceptors (Lipinski definition) is 2. The number of benzene rings is 1. The van der Waals surface area contributed by atoms with E-state index < -0.39 is 0 Å². The number of nitrogens with one attached hydrogen (secondary N) is 3. The normalized spacial score (nSPS) is 17.9. The van der Waals surface area contributed by atoms with Crippen molar-refractivity contribution in [1.82, 2.24) is 10.6 Å². The summed E-state index contributed by atoms with van der Waals surface area (Å²) in [5, 5.41) is 6.05. The van der Waals surface area contributed by atoms with Gasteiger partial charge in [0.25, 0.3) is 11.8 Å². The Bertz CT molecular complexity index is 571. The first-order valence-corrected chi connectivity index (χ1v) is 8.99. The molecule has 1 aliphatic carbocycles. The van der Waals surface area contributed by atoms with Crippen molar-refractivity contribution in [1.29, 1.82) is 0 Å². The van der Waals surface area contributed by atoms with Crippen LogP contribution in [0.15, 0.2) is 24.3 Å². The van der Waals surface area contributed by atoms with Crippen LogP contribution in [-0.4, -0.2) is 37.5 Å². The van der Waals surface area contributed by atoms with Gasteiger partial charge in [-0.2, -0.15) is 0 Å². The molecule has 0 radical (unpaired) electrons. The minimum Gasteiger partial charge on any atom is -0.349 e. The van der Waals surface area contributed by atoms with E-state index >= 15 is 0 Å². The maximum Gasteiger partial charge on any atom is 0.275 e. The first kappa shape index (κ1) is 18.5. The standard InChI is InChI=1S/C19H29N3O2/c1-4-22(12-18(23)20-14(2)3)13-19(24)21-17-11-7-9-15-8-5-6-10-16(15)17/h5-6,8,10,14,17H,4,7,9,11-13H2,1-3H3,(H,20,23)(H,21,24)/p+1/t17-/m1/s1. The van der Waals surface area contributed by atoms with Gasteiger partial charge in [0.1, 0.15) is 0 Å². The molecular formula is C19H30N3O2+. The van der Waals surface area contributed by atoms with Crippen LogP contribution in [-0.2, 0) is 16.0 Å². The van der Waals surface area contributed by atoms with E-state index in [4.69, 9.17) is 0 Å². The zero-order valence-electron chi connectivity index (χ0n) is 15.0. The second-order valence-corrected chi connectivity index (χ2v) is 6.89. The van der Waals surface area contributed by atoms with Crippen molar-refractivity contribution < 1.29 is 14.5 Å². The molecule has 3 N–H and O–H groups in total. The number of hydrogen-bond donors (Lipinski definition) is 3. The minimum absolute atomic E-state index is 0.00216. The summed E-state index contributed by atoms with van der Waals surface area (Å²) >= 11 is 0. The van der Waals surface area contributed by atoms with Crippen LogP contribution in [0.5, 0.6) is 0 Å². The van der Waals surface area contributed by atoms with E-state index in [0.29, 0.717) is 13.1 Å². The highest BCUT2D eigenvalue weighted by atomic mass is 16.2. The third-order valence-electron chi connectivity index (χ3n) is 4.48. The highest BCUT2D eigenvalue weighted by molar-refractivity contribution is 5.79. The second kappa shape index (κ2) is 8.83. The molecule has 0 aliphatic heterocycles. The number of likely N-dealkylation sites (N-methyl/N-ethyl adjacent to an activating group) is 1. The van der Waals surface area contributed by atoms with Gasteiger partial charge in [-0.1, -0.05) is 24.3 Å². The van der Waals surface area contributed by atoms with Gasteiger partial charge in [-0.25, -0.2) is 0 Å². The summed E-state index contributed by atoms with van der Waals surface area (Å²) in [5.41, 5.74) is 2.58. The van der Waals surface area contributed by atoms with Gasteiger partial charge in [0.05, 0.1) is 12.6 Å². The van der Waals surface area contributed by atoms with E-state index in [1.54, 1.807) is 0 Å². The van der Waals surface area contributed by atoms with Crippen LogP contribution in [0.25, 0.3) is 0 Å². The summed E-state index contributed by atoms with van der Waals surface area (Å²) in [6.45, 7) is 7.30. The van der Waals surface area contributed by atoms with E-state index in [-0.39, 0.29) is 23.9 Å². The fraction of sp³-hybridized carbons (Fsp3) is 0.579. The first-order valence-electron chi connectivity index (χ1n) is 8.99. The van der Waals surface area contributed by atoms with Gasteiger partial charge in [0.2, 0.25) is 0 Å². The Hall–Kier alpha value is -1.88. The lowest BCUT2D eigenvalue weighted by molar-refractivity contribution is -0.881. The fourth-order valence-corrected chi connectivity index (χ4v) is 3.29. The van der Waals surface area contributed by atoms with E-state index in [0.717, 1.165) is 30.7 Å². The first-order chi connectivity index (χ1) is 11.5. The molecule has 5 heteroatoms. The topological polar surface area (TPSA) is 62.6 Å². The van der Waals surface area contributed by atoms with Crippen molar-refractivity contribution in [3.05, 3.63) is 35.4 Å². The molecule has 1 aromatic carbocycles. The molecule has 2 atom stereocenters. The summed E-state index contributed by atoms with van der Waals surface area (Å²) in [7, 11) is 0. The molecule has 1 unspecified atom stereocenters. The van der Waals surface area contributed by atoms with Crippen molar-refractivity contribution >= 4 is 11.8 Å². The Labute approximate surface area is 144 Å². The number of carbonyl (C=O) groups excluding carboxylic acids is 2. The van der Waals surface area contributed by atoms with Gasteiger partial charge < -0.3 is 15.5 Å². The van der Waals surface area contributed by atoms with Gasteiger partial charge in [-0.05, 0) is 51.2 Å². The number of carbonyl (C=O) groups is 2. The summed E-state index contributed by atoms with van der Waals surface area (Å²) in [5.74, 6) is 0.0172. The van der Waals surface area contributed by atoms with Crippen LogP contribution >= 0.6 is 0 Å². The van der Waals surface area contributed by atoms with E-state index in [9.17, 15) is 9.59 Å². The predicted octanol–water partition coefficient (Wildman–Crippen LogP) is 0.610. The van der Waals surface area contributed by atoms with Gasteiger partial charge in [-0.15, -0.1) is 0 Å². The highest BCUT2D eigenvalue weighted by Crippen LogP contribution is 2.29. The quantitative estimate of drug-likeness (QED) is 0.685. The van der Waals surface area contributed by atoms with Gasteiger partial charge in [0.15, 0.2) is 13.1 Å². The average molecular weight is 332 g/mol. The molecule has 0 heterocycles. The molecule has 0 aromatic heterocycles. The van der Waals surface area contributed by atoms with Gasteiger partial charge >= 0.3 is 0 Å². The number of amides is 2. The Kier molecular flexibility index (Phi) is 6.79. The van der Waals surface area contributed by atoms with Crippen LogP contribution < -0.4 is 15.5 Å². The second-order valence-electron chi connectivity index (χ2n) is 6.89. The number of fused-ring (bicyclic) bond motifs is 1. The third-order valence-corrected chi connectivity index (χ3v) is 4.48. The number of rotatable bonds is 7. The molecule has 132 valence electrons. The lowest BCUT2D eigenvalue weighted by Crippen LogP contribution is -3.14. The Morgan fingerprint density at radius 1 is 1.21 bits per heavy atom. The van der Waals surface area contributed by atoms with Crippen LogP contribution in [0.4, 0.5) is 0 Å². The molecule has 2 rings (SSSR count). The minimum atomic E-state index is -0.00216. The van der Waals surface area contributed by atoms with Gasteiger partial charge in [0, 0.05) is 6.04 Å². The molecule has 1 aliphatic rings. The molecule has 0 saturated carbocycles. The van der Waals surface area contributed by atoms with Crippen molar-refractivity contribution in [2.75, 3.05) is 19.6 Å². The summed E-state index contributed by atoms with van der Waals surface area (Å²) < 4.78 is 0. The van der Waals surface area contributed by atoms with Crippen molar-refractivity contribution in [3.63, 3.8) is 0 Å². The zero-order chi connectivity index (χ0) is 17.5. The summed E-state index contributed by atoms with van der Waals surface area (Å²) in [4.78, 5) is 25.3. The summed E-state index contributed by atoms with van der Waals surface area (Å²) in [6, 6.07) is 8.57. The highest BCUT2D eigenvalue weighted by Gasteiger charge is 2.23. The number of quaternary nitrogens is 1. The molecule has 1 aromatic rings. The molecule has 0 spiro atoms. The smallest absolute Gasteiger partial charge is 0.275 e. The molecule has 0 bridgehead atoms. The van der Waals surface area contributed by atoms with Crippen LogP contribution in [0.2, 0.25) is 0 Å². The van der Waals surface area contributed by atoms with Crippen molar-refractivity contribution in [2.24, 2.45) is 0 Å². The lowest BCUT2D eigenvalue weighted by Gasteiger charge is -2.27. The van der Waals surface area contributed by atoms with Crippen molar-refractivity contribution in [3.8, 4) is 0 Å². The zero-order valence-corrected chi connectivity index (χ0v) is 15.0. The molecular weight excluding hydrogens is 302 g/mol. The van der Waals surface area contributed by atoms with Crippen LogP contribution in [0.1, 0.15) is 50.8 Å². The monoisotopic (exact) mass is 332 g/mol. The van der Waals surface area contributed by atoms with Gasteiger partial charge in [-0.3, -0.25) is 9.59 Å². The van der Waals surface area contributed by atoms with E-state index in [1.165, 1.54) is 11.1 Å². The lowest BCUT2D eigenvalue weighted by atomic mass is 9.88. The molecule has 2 amide bonds. The Morgan fingerprint density at radius 2 is 1.92 bits per heavy atom. The fourth-order valence-electron chi connectivity index (χ4n) is 3.29. The Morgan fingerprint density at radius 3 is 2.62 bits per heavy atom. The van der Waals surface area contributed by atoms with E-state index in [1.807, 2.05) is 26.8 Å². The van der Waals surface area contributed by atoms with Crippen LogP contribution in [0.3, 0.4) is 0 Å². The molecule has 0 saturated heterocycles. The predicted molar refractivity (Wildman–Crippen MR) is 94.8 cm³/mol. The Balaban J connectivity index is 1.89.